The predicted molar refractivity (Wildman–Crippen MR) is 85.8 cm³/mol. The summed E-state index contributed by atoms with van der Waals surface area (Å²) in [6, 6.07) is 8.71. The van der Waals surface area contributed by atoms with Gasteiger partial charge in [0.1, 0.15) is 0 Å². The Morgan fingerprint density at radius 1 is 1.19 bits per heavy atom. The van der Waals surface area contributed by atoms with Crippen molar-refractivity contribution in [2.45, 2.75) is 30.9 Å². The van der Waals surface area contributed by atoms with E-state index in [2.05, 4.69) is 34.5 Å². The third kappa shape index (κ3) is 2.59. The van der Waals surface area contributed by atoms with Crippen molar-refractivity contribution in [3.8, 4) is 0 Å². The molecule has 2 aliphatic rings. The average molecular weight is 303 g/mol. The van der Waals surface area contributed by atoms with Gasteiger partial charge >= 0.3 is 0 Å². The lowest BCUT2D eigenvalue weighted by Crippen LogP contribution is -2.46. The normalized spacial score (nSPS) is 28.4. The highest BCUT2D eigenvalue weighted by Gasteiger charge is 2.33. The molecule has 0 amide bonds. The summed E-state index contributed by atoms with van der Waals surface area (Å²) in [5.74, 6) is 0.588. The highest BCUT2D eigenvalue weighted by Crippen LogP contribution is 2.34. The summed E-state index contributed by atoms with van der Waals surface area (Å²) in [4.78, 5) is 7.27. The number of aliphatic hydroxyl groups is 1. The second kappa shape index (κ2) is 5.65. The van der Waals surface area contributed by atoms with Crippen LogP contribution in [0.1, 0.15) is 23.8 Å². The van der Waals surface area contributed by atoms with Crippen LogP contribution in [0.2, 0.25) is 0 Å². The molecule has 2 fully saturated rings. The van der Waals surface area contributed by atoms with Crippen LogP contribution in [0.15, 0.2) is 24.3 Å². The summed E-state index contributed by atoms with van der Waals surface area (Å²) in [7, 11) is 0. The van der Waals surface area contributed by atoms with Crippen molar-refractivity contribution in [2.24, 2.45) is 0 Å². The van der Waals surface area contributed by atoms with Gasteiger partial charge in [-0.05, 0) is 38.1 Å². The van der Waals surface area contributed by atoms with Crippen molar-refractivity contribution < 1.29 is 5.11 Å². The molecule has 0 spiro atoms. The molecule has 4 rings (SSSR count). The van der Waals surface area contributed by atoms with Crippen LogP contribution in [0.25, 0.3) is 10.2 Å². The summed E-state index contributed by atoms with van der Waals surface area (Å²) in [6.07, 6.45) is 2.11. The summed E-state index contributed by atoms with van der Waals surface area (Å²) in [5, 5.41) is 14.6. The molecular weight excluding hydrogens is 282 g/mol. The number of nitrogens with one attached hydrogen (secondary N) is 1. The molecule has 2 N–H and O–H groups in total. The van der Waals surface area contributed by atoms with Crippen LogP contribution in [-0.4, -0.2) is 53.3 Å². The Kier molecular flexibility index (Phi) is 3.67. The number of hydrogen-bond acceptors (Lipinski definition) is 5. The fourth-order valence-corrected chi connectivity index (χ4v) is 4.70. The van der Waals surface area contributed by atoms with E-state index < -0.39 is 0 Å². The van der Waals surface area contributed by atoms with Crippen LogP contribution in [0.4, 0.5) is 0 Å². The van der Waals surface area contributed by atoms with Gasteiger partial charge in [-0.25, -0.2) is 4.98 Å². The Hall–Kier alpha value is -1.01. The Labute approximate surface area is 128 Å². The van der Waals surface area contributed by atoms with Crippen LogP contribution in [-0.2, 0) is 0 Å². The van der Waals surface area contributed by atoms with Gasteiger partial charge in [0.05, 0.1) is 21.3 Å². The van der Waals surface area contributed by atoms with Crippen LogP contribution in [0.3, 0.4) is 0 Å². The number of aromatic nitrogens is 1. The molecule has 0 radical (unpaired) electrons. The van der Waals surface area contributed by atoms with Gasteiger partial charge < -0.3 is 10.4 Å². The fraction of sp³-hybridized carbons (Fsp3) is 0.562. The highest BCUT2D eigenvalue weighted by molar-refractivity contribution is 7.18. The van der Waals surface area contributed by atoms with Crippen LogP contribution >= 0.6 is 11.3 Å². The first-order chi connectivity index (χ1) is 10.3. The highest BCUT2D eigenvalue weighted by atomic mass is 32.1. The molecular formula is C16H21N3OS. The van der Waals surface area contributed by atoms with E-state index in [4.69, 9.17) is 4.98 Å². The largest absolute Gasteiger partial charge is 0.390 e. The quantitative estimate of drug-likeness (QED) is 0.888. The zero-order chi connectivity index (χ0) is 14.2. The van der Waals surface area contributed by atoms with Crippen molar-refractivity contribution in [3.05, 3.63) is 29.3 Å². The summed E-state index contributed by atoms with van der Waals surface area (Å²) >= 11 is 1.85. The number of piperidine rings is 1. The molecule has 4 nitrogen and oxygen atoms in total. The van der Waals surface area contributed by atoms with Gasteiger partial charge in [-0.1, -0.05) is 12.1 Å². The van der Waals surface area contributed by atoms with E-state index >= 15 is 0 Å². The second-order valence-electron chi connectivity index (χ2n) is 6.12. The monoisotopic (exact) mass is 303 g/mol. The number of para-hydroxylation sites is 1. The van der Waals surface area contributed by atoms with E-state index in [1.54, 1.807) is 0 Å². The molecule has 112 valence electrons. The lowest BCUT2D eigenvalue weighted by atomic mass is 9.96. The number of fused-ring (bicyclic) bond motifs is 1. The first-order valence-electron chi connectivity index (χ1n) is 7.79. The Balaban J connectivity index is 1.45. The molecule has 0 bridgehead atoms. The molecule has 1 aromatic carbocycles. The molecule has 1 unspecified atom stereocenters. The maximum Gasteiger partial charge on any atom is 0.0970 e. The lowest BCUT2D eigenvalue weighted by molar-refractivity contribution is 0.0664. The number of benzene rings is 1. The van der Waals surface area contributed by atoms with E-state index in [1.807, 2.05) is 11.3 Å². The second-order valence-corrected chi connectivity index (χ2v) is 7.19. The fourth-order valence-electron chi connectivity index (χ4n) is 3.57. The topological polar surface area (TPSA) is 48.4 Å². The van der Waals surface area contributed by atoms with Crippen LogP contribution in [0, 0.1) is 0 Å². The maximum absolute atomic E-state index is 10.0. The standard InChI is InChI=1S/C16H21N3OS/c20-14-10-17-9-13(14)19-7-5-11(6-8-19)16-18-12-3-1-2-4-15(12)21-16/h1-4,11,13-14,17,20H,5-10H2/t13?,14-/m1/s1. The third-order valence-corrected chi connectivity index (χ3v) is 6.01. The number of β-amino-alcohol motifs (C(OH)–C–C–N with tert-alkyl or cyclic N) is 1. The van der Waals surface area contributed by atoms with Gasteiger partial charge in [-0.15, -0.1) is 11.3 Å². The molecule has 2 saturated heterocycles. The smallest absolute Gasteiger partial charge is 0.0970 e. The van der Waals surface area contributed by atoms with Crippen molar-refractivity contribution in [3.63, 3.8) is 0 Å². The minimum Gasteiger partial charge on any atom is -0.390 e. The lowest BCUT2D eigenvalue weighted by Gasteiger charge is -2.36. The zero-order valence-corrected chi connectivity index (χ0v) is 12.9. The number of aliphatic hydroxyl groups excluding tert-OH is 1. The molecule has 3 heterocycles. The van der Waals surface area contributed by atoms with E-state index in [0.29, 0.717) is 12.0 Å². The van der Waals surface area contributed by atoms with E-state index in [0.717, 1.165) is 44.5 Å². The zero-order valence-electron chi connectivity index (χ0n) is 12.0. The Morgan fingerprint density at radius 3 is 2.71 bits per heavy atom. The van der Waals surface area contributed by atoms with Crippen molar-refractivity contribution in [1.82, 2.24) is 15.2 Å². The average Bonchev–Trinajstić information content (AvgIpc) is 3.13. The first kappa shape index (κ1) is 13.6. The summed E-state index contributed by atoms with van der Waals surface area (Å²) in [6.45, 7) is 3.81. The van der Waals surface area contributed by atoms with E-state index in [-0.39, 0.29) is 6.10 Å². The van der Waals surface area contributed by atoms with Gasteiger partial charge in [0.15, 0.2) is 0 Å². The minimum atomic E-state index is -0.205. The number of nitrogens with zero attached hydrogens (tertiary/aromatic N) is 2. The number of thiazole rings is 1. The van der Waals surface area contributed by atoms with E-state index in [1.165, 1.54) is 9.71 Å². The van der Waals surface area contributed by atoms with Gasteiger partial charge in [-0.2, -0.15) is 0 Å². The van der Waals surface area contributed by atoms with Crippen LogP contribution < -0.4 is 5.32 Å². The minimum absolute atomic E-state index is 0.205. The van der Waals surface area contributed by atoms with Crippen molar-refractivity contribution >= 4 is 21.6 Å². The molecule has 0 saturated carbocycles. The molecule has 21 heavy (non-hydrogen) atoms. The van der Waals surface area contributed by atoms with Gasteiger partial charge in [0.25, 0.3) is 0 Å². The maximum atomic E-state index is 10.0. The summed E-state index contributed by atoms with van der Waals surface area (Å²) < 4.78 is 1.30. The number of rotatable bonds is 2. The number of likely N-dealkylation sites (tertiary alicyclic amines) is 1. The molecule has 1 aromatic heterocycles. The Bertz CT molecular complexity index is 588. The van der Waals surface area contributed by atoms with Crippen molar-refractivity contribution in [1.29, 1.82) is 0 Å². The first-order valence-corrected chi connectivity index (χ1v) is 8.61. The van der Waals surface area contributed by atoms with Gasteiger partial charge in [-0.3, -0.25) is 4.90 Å². The molecule has 5 heteroatoms. The van der Waals surface area contributed by atoms with Gasteiger partial charge in [0, 0.05) is 25.0 Å². The van der Waals surface area contributed by atoms with Gasteiger partial charge in [0.2, 0.25) is 0 Å². The number of hydrogen-bond donors (Lipinski definition) is 2. The summed E-state index contributed by atoms with van der Waals surface area (Å²) in [5.41, 5.74) is 1.13. The third-order valence-electron chi connectivity index (χ3n) is 4.81. The SMILES string of the molecule is O[C@@H]1CNCC1N1CCC(c2nc3ccccc3s2)CC1. The molecule has 2 aromatic rings. The Morgan fingerprint density at radius 2 is 2.00 bits per heavy atom. The molecule has 2 atom stereocenters. The van der Waals surface area contributed by atoms with E-state index in [9.17, 15) is 5.11 Å². The van der Waals surface area contributed by atoms with Crippen LogP contribution in [0.5, 0.6) is 0 Å². The molecule has 0 aliphatic carbocycles. The van der Waals surface area contributed by atoms with Crippen molar-refractivity contribution in [2.75, 3.05) is 26.2 Å². The molecule has 2 aliphatic heterocycles. The predicted octanol–water partition coefficient (Wildman–Crippen LogP) is 1.81.